The minimum absolute atomic E-state index is 0.217. The third-order valence-electron chi connectivity index (χ3n) is 3.21. The lowest BCUT2D eigenvalue weighted by molar-refractivity contribution is 0.579. The van der Waals surface area contributed by atoms with Crippen molar-refractivity contribution in [1.29, 1.82) is 0 Å². The summed E-state index contributed by atoms with van der Waals surface area (Å²) >= 11 is 5.88. The predicted octanol–water partition coefficient (Wildman–Crippen LogP) is 2.94. The highest BCUT2D eigenvalue weighted by Gasteiger charge is 2.23. The fraction of sp³-hybridized carbons (Fsp3) is 0.143. The fourth-order valence-corrected chi connectivity index (χ4v) is 3.84. The lowest BCUT2D eigenvalue weighted by atomic mass is 10.2. The highest BCUT2D eigenvalue weighted by atomic mass is 35.5. The normalized spacial score (nSPS) is 12.0. The van der Waals surface area contributed by atoms with Crippen molar-refractivity contribution < 1.29 is 8.42 Å². The molecule has 0 aliphatic heterocycles. The summed E-state index contributed by atoms with van der Waals surface area (Å²) in [5, 5.41) is 8.12. The van der Waals surface area contributed by atoms with E-state index < -0.39 is 10.0 Å². The van der Waals surface area contributed by atoms with Gasteiger partial charge >= 0.3 is 0 Å². The second-order valence-corrected chi connectivity index (χ2v) is 7.01. The molecule has 21 heavy (non-hydrogen) atoms. The van der Waals surface area contributed by atoms with Crippen LogP contribution in [0.4, 0.5) is 0 Å². The molecule has 3 aromatic rings. The van der Waals surface area contributed by atoms with E-state index in [0.717, 1.165) is 9.65 Å². The van der Waals surface area contributed by atoms with Crippen LogP contribution in [0.15, 0.2) is 41.3 Å². The molecule has 2 aromatic carbocycles. The number of aryl methyl sites for hydroxylation is 2. The Labute approximate surface area is 127 Å². The van der Waals surface area contributed by atoms with Crippen LogP contribution in [-0.2, 0) is 10.0 Å². The summed E-state index contributed by atoms with van der Waals surface area (Å²) in [5.74, 6) is 0. The molecule has 0 fully saturated rings. The van der Waals surface area contributed by atoms with E-state index >= 15 is 0 Å². The molecule has 0 aliphatic carbocycles. The first-order valence-electron chi connectivity index (χ1n) is 6.23. The number of hydrogen-bond donors (Lipinski definition) is 0. The second-order valence-electron chi connectivity index (χ2n) is 4.84. The molecule has 0 saturated carbocycles. The number of nitrogens with zero attached hydrogens (tertiary/aromatic N) is 3. The van der Waals surface area contributed by atoms with Crippen LogP contribution in [-0.4, -0.2) is 22.8 Å². The summed E-state index contributed by atoms with van der Waals surface area (Å²) in [6, 6.07) is 9.96. The van der Waals surface area contributed by atoms with Gasteiger partial charge in [0.2, 0.25) is 0 Å². The fourth-order valence-electron chi connectivity index (χ4n) is 2.23. The molecule has 0 atom stereocenters. The maximum atomic E-state index is 12.8. The van der Waals surface area contributed by atoms with Gasteiger partial charge in [-0.1, -0.05) is 34.5 Å². The van der Waals surface area contributed by atoms with Crippen LogP contribution in [0.25, 0.3) is 11.0 Å². The summed E-state index contributed by atoms with van der Waals surface area (Å²) < 4.78 is 26.4. The van der Waals surface area contributed by atoms with Crippen molar-refractivity contribution in [1.82, 2.24) is 14.4 Å². The molecule has 5 nitrogen and oxygen atoms in total. The van der Waals surface area contributed by atoms with Crippen LogP contribution in [0.1, 0.15) is 11.1 Å². The molecule has 108 valence electrons. The van der Waals surface area contributed by atoms with E-state index in [1.165, 1.54) is 0 Å². The van der Waals surface area contributed by atoms with Gasteiger partial charge in [-0.25, -0.2) is 0 Å². The molecule has 0 amide bonds. The molecule has 0 bridgehead atoms. The van der Waals surface area contributed by atoms with E-state index in [1.54, 1.807) is 37.3 Å². The number of rotatable bonds is 2. The van der Waals surface area contributed by atoms with Crippen molar-refractivity contribution in [2.45, 2.75) is 18.7 Å². The number of fused-ring (bicyclic) bond motifs is 1. The first kappa shape index (κ1) is 14.0. The molecular formula is C14H12ClN3O2S. The molecule has 7 heteroatoms. The zero-order chi connectivity index (χ0) is 15.2. The lowest BCUT2D eigenvalue weighted by Gasteiger charge is -2.08. The van der Waals surface area contributed by atoms with Crippen LogP contribution in [0.5, 0.6) is 0 Å². The Balaban J connectivity index is 2.25. The maximum Gasteiger partial charge on any atom is 0.285 e. The van der Waals surface area contributed by atoms with Crippen molar-refractivity contribution in [3.05, 3.63) is 52.5 Å². The van der Waals surface area contributed by atoms with Crippen molar-refractivity contribution in [3.8, 4) is 0 Å². The molecule has 3 rings (SSSR count). The molecule has 0 unspecified atom stereocenters. The van der Waals surface area contributed by atoms with Gasteiger partial charge in [0.15, 0.2) is 0 Å². The number of benzene rings is 2. The Kier molecular flexibility index (Phi) is 3.22. The molecular weight excluding hydrogens is 310 g/mol. The van der Waals surface area contributed by atoms with Crippen molar-refractivity contribution >= 4 is 32.7 Å². The summed E-state index contributed by atoms with van der Waals surface area (Å²) in [6.07, 6.45) is 0. The predicted molar refractivity (Wildman–Crippen MR) is 81.0 cm³/mol. The largest absolute Gasteiger partial charge is 0.285 e. The highest BCUT2D eigenvalue weighted by molar-refractivity contribution is 7.90. The topological polar surface area (TPSA) is 64.8 Å². The van der Waals surface area contributed by atoms with Gasteiger partial charge in [-0.05, 0) is 43.7 Å². The van der Waals surface area contributed by atoms with Gasteiger partial charge in [0.25, 0.3) is 10.0 Å². The number of halogens is 1. The second kappa shape index (κ2) is 4.82. The molecule has 0 radical (unpaired) electrons. The molecule has 0 aliphatic rings. The van der Waals surface area contributed by atoms with Gasteiger partial charge in [0.1, 0.15) is 11.0 Å². The Hall–Kier alpha value is -1.92. The van der Waals surface area contributed by atoms with Gasteiger partial charge in [-0.2, -0.15) is 8.42 Å². The Morgan fingerprint density at radius 3 is 2.57 bits per heavy atom. The minimum atomic E-state index is -3.78. The van der Waals surface area contributed by atoms with E-state index in [-0.39, 0.29) is 4.90 Å². The summed E-state index contributed by atoms with van der Waals surface area (Å²) in [6.45, 7) is 3.67. The van der Waals surface area contributed by atoms with E-state index in [4.69, 9.17) is 11.6 Å². The number of hydrogen-bond acceptors (Lipinski definition) is 4. The van der Waals surface area contributed by atoms with Crippen molar-refractivity contribution in [3.63, 3.8) is 0 Å². The molecule has 0 spiro atoms. The maximum absolute atomic E-state index is 12.8. The van der Waals surface area contributed by atoms with Gasteiger partial charge < -0.3 is 0 Å². The third-order valence-corrected chi connectivity index (χ3v) is 5.19. The average molecular weight is 322 g/mol. The zero-order valence-electron chi connectivity index (χ0n) is 11.4. The lowest BCUT2D eigenvalue weighted by Crippen LogP contribution is -2.15. The SMILES string of the molecule is Cc1ccc(S(=O)(=O)n2nnc3cc(Cl)ccc32)c(C)c1. The van der Waals surface area contributed by atoms with Gasteiger partial charge in [0, 0.05) is 5.02 Å². The van der Waals surface area contributed by atoms with E-state index in [0.29, 0.717) is 21.6 Å². The molecule has 0 N–H and O–H groups in total. The van der Waals surface area contributed by atoms with Crippen LogP contribution in [0.2, 0.25) is 5.02 Å². The zero-order valence-corrected chi connectivity index (χ0v) is 13.0. The highest BCUT2D eigenvalue weighted by Crippen LogP contribution is 2.23. The van der Waals surface area contributed by atoms with Crippen LogP contribution in [0.3, 0.4) is 0 Å². The van der Waals surface area contributed by atoms with E-state index in [2.05, 4.69) is 10.3 Å². The molecule has 1 heterocycles. The van der Waals surface area contributed by atoms with Crippen molar-refractivity contribution in [2.75, 3.05) is 0 Å². The first-order valence-corrected chi connectivity index (χ1v) is 8.05. The van der Waals surface area contributed by atoms with Crippen LogP contribution in [0, 0.1) is 13.8 Å². The van der Waals surface area contributed by atoms with Gasteiger partial charge in [-0.3, -0.25) is 0 Å². The molecule has 0 saturated heterocycles. The van der Waals surface area contributed by atoms with Gasteiger partial charge in [0.05, 0.1) is 4.90 Å². The Morgan fingerprint density at radius 2 is 1.86 bits per heavy atom. The smallest absolute Gasteiger partial charge is 0.199 e. The number of aromatic nitrogens is 3. The van der Waals surface area contributed by atoms with Crippen LogP contribution < -0.4 is 0 Å². The Morgan fingerprint density at radius 1 is 1.10 bits per heavy atom. The van der Waals surface area contributed by atoms with Gasteiger partial charge in [-0.15, -0.1) is 9.19 Å². The van der Waals surface area contributed by atoms with Crippen molar-refractivity contribution in [2.24, 2.45) is 0 Å². The monoisotopic (exact) mass is 321 g/mol. The minimum Gasteiger partial charge on any atom is -0.199 e. The summed E-state index contributed by atoms with van der Waals surface area (Å²) in [4.78, 5) is 0.217. The summed E-state index contributed by atoms with van der Waals surface area (Å²) in [5.41, 5.74) is 2.52. The van der Waals surface area contributed by atoms with E-state index in [9.17, 15) is 8.42 Å². The summed E-state index contributed by atoms with van der Waals surface area (Å²) in [7, 11) is -3.78. The third kappa shape index (κ3) is 2.30. The molecule has 1 aromatic heterocycles. The van der Waals surface area contributed by atoms with Crippen LogP contribution >= 0.6 is 11.6 Å². The standard InChI is InChI=1S/C14H12ClN3O2S/c1-9-3-6-14(10(2)7-9)21(19,20)18-13-5-4-11(15)8-12(13)16-17-18/h3-8H,1-2H3. The van der Waals surface area contributed by atoms with E-state index in [1.807, 2.05) is 13.0 Å². The first-order chi connectivity index (χ1) is 9.89. The Bertz CT molecular complexity index is 948. The quantitative estimate of drug-likeness (QED) is 0.728. The average Bonchev–Trinajstić information content (AvgIpc) is 2.81.